The average Bonchev–Trinajstić information content (AvgIpc) is 2.69. The van der Waals surface area contributed by atoms with Crippen LogP contribution in [0.5, 0.6) is 0 Å². The molecule has 0 aliphatic rings. The molecule has 7 heteroatoms. The highest BCUT2D eigenvalue weighted by atomic mass is 16.3. The van der Waals surface area contributed by atoms with Gasteiger partial charge in [0.25, 0.3) is 0 Å². The van der Waals surface area contributed by atoms with E-state index in [1.165, 1.54) is 17.2 Å². The molecule has 0 aromatic carbocycles. The first kappa shape index (κ1) is 10.2. The summed E-state index contributed by atoms with van der Waals surface area (Å²) >= 11 is 0. The Kier molecular flexibility index (Phi) is 3.62. The molecule has 1 N–H and O–H groups in total. The van der Waals surface area contributed by atoms with Gasteiger partial charge < -0.3 is 5.11 Å². The summed E-state index contributed by atoms with van der Waals surface area (Å²) in [6.45, 7) is 4.77. The van der Waals surface area contributed by atoms with Gasteiger partial charge in [0.15, 0.2) is 0 Å². The van der Waals surface area contributed by atoms with Gasteiger partial charge in [-0.05, 0) is 24.1 Å². The number of aromatic nitrogens is 4. The Hall–Kier alpha value is -1.89. The molecule has 0 aliphatic carbocycles. The van der Waals surface area contributed by atoms with Crippen molar-refractivity contribution >= 4 is 12.6 Å². The van der Waals surface area contributed by atoms with Crippen molar-refractivity contribution in [3.8, 4) is 0 Å². The molecule has 0 atom stereocenters. The first-order chi connectivity index (χ1) is 6.77. The molecule has 0 fully saturated rings. The van der Waals surface area contributed by atoms with Crippen molar-refractivity contribution in [2.45, 2.75) is 6.92 Å². The smallest absolute Gasteiger partial charge is 0.145 e. The highest BCUT2D eigenvalue weighted by molar-refractivity contribution is 5.81. The van der Waals surface area contributed by atoms with Crippen LogP contribution >= 0.6 is 0 Å². The van der Waals surface area contributed by atoms with E-state index in [-0.39, 0.29) is 6.61 Å². The molecule has 0 unspecified atom stereocenters. The van der Waals surface area contributed by atoms with Crippen LogP contribution in [0.4, 0.5) is 0 Å². The van der Waals surface area contributed by atoms with Gasteiger partial charge in [0.2, 0.25) is 0 Å². The second-order valence-electron chi connectivity index (χ2n) is 2.37. The SMILES string of the molecule is C=N/C=C(/CO)N=C(C)n1cnnn1. The van der Waals surface area contributed by atoms with Crippen molar-refractivity contribution in [3.05, 3.63) is 18.2 Å². The van der Waals surface area contributed by atoms with Gasteiger partial charge in [0.05, 0.1) is 18.5 Å². The van der Waals surface area contributed by atoms with Gasteiger partial charge in [0.1, 0.15) is 12.2 Å². The van der Waals surface area contributed by atoms with Crippen LogP contribution in [0.15, 0.2) is 28.2 Å². The van der Waals surface area contributed by atoms with E-state index in [2.05, 4.69) is 32.2 Å². The van der Waals surface area contributed by atoms with E-state index >= 15 is 0 Å². The predicted molar refractivity (Wildman–Crippen MR) is 51.0 cm³/mol. The van der Waals surface area contributed by atoms with Crippen LogP contribution in [0.2, 0.25) is 0 Å². The lowest BCUT2D eigenvalue weighted by Crippen LogP contribution is -2.09. The molecule has 0 radical (unpaired) electrons. The largest absolute Gasteiger partial charge is 0.390 e. The maximum atomic E-state index is 8.88. The molecule has 0 spiro atoms. The summed E-state index contributed by atoms with van der Waals surface area (Å²) in [5.74, 6) is 0.541. The van der Waals surface area contributed by atoms with Crippen molar-refractivity contribution in [3.63, 3.8) is 0 Å². The summed E-state index contributed by atoms with van der Waals surface area (Å²) in [6.07, 6.45) is 2.78. The normalized spacial score (nSPS) is 13.0. The molecule has 1 rings (SSSR count). The molecule has 0 aliphatic heterocycles. The Labute approximate surface area is 80.5 Å². The van der Waals surface area contributed by atoms with E-state index in [0.29, 0.717) is 11.5 Å². The Bertz CT molecular complexity index is 352. The highest BCUT2D eigenvalue weighted by Crippen LogP contribution is 1.97. The molecule has 14 heavy (non-hydrogen) atoms. The van der Waals surface area contributed by atoms with E-state index < -0.39 is 0 Å². The topological polar surface area (TPSA) is 88.5 Å². The van der Waals surface area contributed by atoms with Crippen molar-refractivity contribution in [1.82, 2.24) is 20.2 Å². The maximum Gasteiger partial charge on any atom is 0.145 e. The van der Waals surface area contributed by atoms with Gasteiger partial charge in [0, 0.05) is 0 Å². The van der Waals surface area contributed by atoms with E-state index in [9.17, 15) is 0 Å². The number of tetrazole rings is 1. The summed E-state index contributed by atoms with van der Waals surface area (Å²) in [4.78, 5) is 7.54. The minimum absolute atomic E-state index is 0.210. The van der Waals surface area contributed by atoms with Gasteiger partial charge >= 0.3 is 0 Å². The van der Waals surface area contributed by atoms with Crippen molar-refractivity contribution in [2.75, 3.05) is 6.61 Å². The molecular formula is C7H10N6O. The van der Waals surface area contributed by atoms with Crippen LogP contribution in [0.25, 0.3) is 0 Å². The van der Waals surface area contributed by atoms with Crippen molar-refractivity contribution in [1.29, 1.82) is 0 Å². The average molecular weight is 194 g/mol. The summed E-state index contributed by atoms with van der Waals surface area (Å²) in [7, 11) is 0. The van der Waals surface area contributed by atoms with Gasteiger partial charge in [-0.2, -0.15) is 4.68 Å². The first-order valence-corrected chi connectivity index (χ1v) is 3.82. The third-order valence-electron chi connectivity index (χ3n) is 1.39. The van der Waals surface area contributed by atoms with Crippen LogP contribution < -0.4 is 0 Å². The third-order valence-corrected chi connectivity index (χ3v) is 1.39. The summed E-state index contributed by atoms with van der Waals surface area (Å²) in [5, 5.41) is 19.4. The fourth-order valence-corrected chi connectivity index (χ4v) is 0.779. The zero-order valence-electron chi connectivity index (χ0n) is 7.70. The molecule has 1 heterocycles. The number of aliphatic hydroxyl groups excluding tert-OH is 1. The van der Waals surface area contributed by atoms with Crippen LogP contribution in [-0.4, -0.2) is 44.5 Å². The molecule has 0 bridgehead atoms. The third kappa shape index (κ3) is 2.56. The quantitative estimate of drug-likeness (QED) is 0.517. The maximum absolute atomic E-state index is 8.88. The van der Waals surface area contributed by atoms with Crippen LogP contribution in [0, 0.1) is 0 Å². The van der Waals surface area contributed by atoms with E-state index in [1.54, 1.807) is 6.92 Å². The molecule has 0 amide bonds. The van der Waals surface area contributed by atoms with Crippen LogP contribution in [-0.2, 0) is 0 Å². The standard InChI is InChI=1S/C7H10N6O/c1-6(13-5-9-11-12-13)10-7(4-14)3-8-2/h3,5,14H,2,4H2,1H3/b7-3-,10-6?. The van der Waals surface area contributed by atoms with Crippen molar-refractivity contribution < 1.29 is 5.11 Å². The van der Waals surface area contributed by atoms with Crippen molar-refractivity contribution in [2.24, 2.45) is 9.98 Å². The van der Waals surface area contributed by atoms with Gasteiger partial charge in [-0.15, -0.1) is 5.10 Å². The Balaban J connectivity index is 2.87. The van der Waals surface area contributed by atoms with Crippen LogP contribution in [0.3, 0.4) is 0 Å². The number of nitrogens with zero attached hydrogens (tertiary/aromatic N) is 6. The van der Waals surface area contributed by atoms with E-state index in [4.69, 9.17) is 5.11 Å². The fraction of sp³-hybridized carbons (Fsp3) is 0.286. The van der Waals surface area contributed by atoms with E-state index in [1.807, 2.05) is 0 Å². The Morgan fingerprint density at radius 1 is 1.71 bits per heavy atom. The molecular weight excluding hydrogens is 184 g/mol. The van der Waals surface area contributed by atoms with Crippen LogP contribution in [0.1, 0.15) is 6.92 Å². The van der Waals surface area contributed by atoms with Gasteiger partial charge in [-0.25, -0.2) is 4.99 Å². The zero-order valence-corrected chi connectivity index (χ0v) is 7.70. The first-order valence-electron chi connectivity index (χ1n) is 3.82. The van der Waals surface area contributed by atoms with Gasteiger partial charge in [-0.1, -0.05) is 0 Å². The summed E-state index contributed by atoms with van der Waals surface area (Å²) in [5.41, 5.74) is 0.396. The molecule has 0 saturated carbocycles. The Morgan fingerprint density at radius 3 is 3.00 bits per heavy atom. The van der Waals surface area contributed by atoms with Gasteiger partial charge in [-0.3, -0.25) is 4.99 Å². The predicted octanol–water partition coefficient (Wildman–Crippen LogP) is -0.526. The minimum atomic E-state index is -0.210. The summed E-state index contributed by atoms with van der Waals surface area (Å²) in [6, 6.07) is 0. The molecule has 1 aromatic rings. The Morgan fingerprint density at radius 2 is 2.50 bits per heavy atom. The van der Waals surface area contributed by atoms with E-state index in [0.717, 1.165) is 0 Å². The molecule has 7 nitrogen and oxygen atoms in total. The number of hydrogen-bond acceptors (Lipinski definition) is 6. The summed E-state index contributed by atoms with van der Waals surface area (Å²) < 4.78 is 1.38. The molecule has 74 valence electrons. The lowest BCUT2D eigenvalue weighted by molar-refractivity contribution is 0.329. The molecule has 1 aromatic heterocycles. The minimum Gasteiger partial charge on any atom is -0.390 e. The second-order valence-corrected chi connectivity index (χ2v) is 2.37. The number of aliphatic hydroxyl groups is 1. The zero-order chi connectivity index (χ0) is 10.4. The fourth-order valence-electron chi connectivity index (χ4n) is 0.779. The lowest BCUT2D eigenvalue weighted by Gasteiger charge is -1.98. The monoisotopic (exact) mass is 194 g/mol. The number of aliphatic imine (C=N–C) groups is 2. The second kappa shape index (κ2) is 4.97. The number of hydrogen-bond donors (Lipinski definition) is 1. The molecule has 0 saturated heterocycles. The lowest BCUT2D eigenvalue weighted by atomic mass is 10.5. The highest BCUT2D eigenvalue weighted by Gasteiger charge is 1.98. The number of rotatable bonds is 3.